The first kappa shape index (κ1) is 21.8. The molecule has 4 nitrogen and oxygen atoms in total. The van der Waals surface area contributed by atoms with Crippen LogP contribution in [0.5, 0.6) is 11.5 Å². The molecule has 0 bridgehead atoms. The molecule has 32 heavy (non-hydrogen) atoms. The number of hydrogen-bond donors (Lipinski definition) is 0. The van der Waals surface area contributed by atoms with Crippen molar-refractivity contribution >= 4 is 11.9 Å². The fraction of sp³-hybridized carbons (Fsp3) is 0.286. The van der Waals surface area contributed by atoms with Gasteiger partial charge in [-0.1, -0.05) is 62.2 Å². The van der Waals surface area contributed by atoms with Gasteiger partial charge >= 0.3 is 11.9 Å². The number of rotatable bonds is 6. The van der Waals surface area contributed by atoms with Crippen molar-refractivity contribution in [2.75, 3.05) is 0 Å². The van der Waals surface area contributed by atoms with Crippen LogP contribution in [0, 0.1) is 6.92 Å². The SMILES string of the molecule is CCc1cc(C)c(C2CCCC2)c(OC(=O)c2ccccc2)c1OC(=O)c1ccccc1. The molecular weight excluding hydrogens is 400 g/mol. The van der Waals surface area contributed by atoms with Crippen LogP contribution in [-0.4, -0.2) is 11.9 Å². The van der Waals surface area contributed by atoms with Crippen LogP contribution in [0.15, 0.2) is 66.7 Å². The van der Waals surface area contributed by atoms with Crippen LogP contribution in [0.1, 0.15) is 75.9 Å². The standard InChI is InChI=1S/C28H28O4/c1-3-20-18-19(2)24(21-12-10-11-13-21)26(32-28(30)23-16-8-5-9-17-23)25(20)31-27(29)22-14-6-4-7-15-22/h4-9,14-18,21H,3,10-13H2,1-2H3. The molecule has 0 N–H and O–H groups in total. The predicted octanol–water partition coefficient (Wildman–Crippen LogP) is 6.65. The maximum absolute atomic E-state index is 13.0. The van der Waals surface area contributed by atoms with Crippen molar-refractivity contribution in [3.05, 3.63) is 94.5 Å². The van der Waals surface area contributed by atoms with Crippen LogP contribution in [-0.2, 0) is 6.42 Å². The molecule has 0 atom stereocenters. The van der Waals surface area contributed by atoms with E-state index in [1.807, 2.05) is 19.1 Å². The van der Waals surface area contributed by atoms with E-state index in [4.69, 9.17) is 9.47 Å². The lowest BCUT2D eigenvalue weighted by Gasteiger charge is -2.23. The molecule has 0 radical (unpaired) electrons. The molecule has 0 saturated heterocycles. The van der Waals surface area contributed by atoms with Gasteiger partial charge in [0.25, 0.3) is 0 Å². The van der Waals surface area contributed by atoms with Gasteiger partial charge < -0.3 is 9.47 Å². The summed E-state index contributed by atoms with van der Waals surface area (Å²) in [4.78, 5) is 26.0. The van der Waals surface area contributed by atoms with Crippen LogP contribution in [0.25, 0.3) is 0 Å². The first-order valence-corrected chi connectivity index (χ1v) is 11.3. The second-order valence-electron chi connectivity index (χ2n) is 8.27. The average molecular weight is 429 g/mol. The summed E-state index contributed by atoms with van der Waals surface area (Å²) in [6.07, 6.45) is 5.01. The highest BCUT2D eigenvalue weighted by Gasteiger charge is 2.29. The molecule has 1 saturated carbocycles. The minimum atomic E-state index is -0.460. The average Bonchev–Trinajstić information content (AvgIpc) is 3.36. The maximum atomic E-state index is 13.0. The Hall–Kier alpha value is -3.40. The van der Waals surface area contributed by atoms with E-state index in [0.29, 0.717) is 29.0 Å². The van der Waals surface area contributed by atoms with Crippen LogP contribution >= 0.6 is 0 Å². The van der Waals surface area contributed by atoms with Gasteiger partial charge in [0.05, 0.1) is 11.1 Å². The van der Waals surface area contributed by atoms with Gasteiger partial charge in [-0.3, -0.25) is 0 Å². The molecule has 4 rings (SSSR count). The van der Waals surface area contributed by atoms with E-state index in [0.717, 1.165) is 42.4 Å². The van der Waals surface area contributed by atoms with Crippen molar-refractivity contribution in [2.45, 2.75) is 51.9 Å². The fourth-order valence-corrected chi connectivity index (χ4v) is 4.50. The number of carbonyl (C=O) groups is 2. The van der Waals surface area contributed by atoms with E-state index >= 15 is 0 Å². The first-order valence-electron chi connectivity index (χ1n) is 11.3. The molecule has 0 heterocycles. The van der Waals surface area contributed by atoms with Gasteiger partial charge in [0.15, 0.2) is 11.5 Å². The number of esters is 2. The summed E-state index contributed by atoms with van der Waals surface area (Å²) in [5.74, 6) is 0.131. The number of ether oxygens (including phenoxy) is 2. The molecule has 4 heteroatoms. The second kappa shape index (κ2) is 9.82. The van der Waals surface area contributed by atoms with Gasteiger partial charge in [0.1, 0.15) is 0 Å². The molecule has 1 aliphatic carbocycles. The van der Waals surface area contributed by atoms with Crippen molar-refractivity contribution in [1.29, 1.82) is 0 Å². The van der Waals surface area contributed by atoms with Crippen LogP contribution in [0.2, 0.25) is 0 Å². The lowest BCUT2D eigenvalue weighted by atomic mass is 9.90. The zero-order valence-corrected chi connectivity index (χ0v) is 18.6. The van der Waals surface area contributed by atoms with Gasteiger partial charge in [-0.2, -0.15) is 0 Å². The van der Waals surface area contributed by atoms with Crippen LogP contribution < -0.4 is 9.47 Å². The van der Waals surface area contributed by atoms with Crippen molar-refractivity contribution in [1.82, 2.24) is 0 Å². The lowest BCUT2D eigenvalue weighted by Crippen LogP contribution is -2.16. The predicted molar refractivity (Wildman–Crippen MR) is 125 cm³/mol. The summed E-state index contributed by atoms with van der Waals surface area (Å²) in [5, 5.41) is 0. The Morgan fingerprint density at radius 3 is 1.81 bits per heavy atom. The Kier molecular flexibility index (Phi) is 6.69. The quantitative estimate of drug-likeness (QED) is 0.326. The fourth-order valence-electron chi connectivity index (χ4n) is 4.50. The number of hydrogen-bond acceptors (Lipinski definition) is 4. The molecule has 3 aromatic carbocycles. The molecule has 3 aromatic rings. The van der Waals surface area contributed by atoms with Crippen molar-refractivity contribution in [2.24, 2.45) is 0 Å². The third kappa shape index (κ3) is 4.59. The topological polar surface area (TPSA) is 52.6 Å². The minimum Gasteiger partial charge on any atom is -0.419 e. The molecule has 1 fully saturated rings. The van der Waals surface area contributed by atoms with Gasteiger partial charge in [-0.15, -0.1) is 0 Å². The Labute approximate surface area is 189 Å². The van der Waals surface area contributed by atoms with E-state index in [9.17, 15) is 9.59 Å². The third-order valence-electron chi connectivity index (χ3n) is 6.11. The van der Waals surface area contributed by atoms with E-state index in [2.05, 4.69) is 13.0 Å². The highest BCUT2D eigenvalue weighted by atomic mass is 16.6. The Morgan fingerprint density at radius 1 is 0.812 bits per heavy atom. The molecule has 0 spiro atoms. The zero-order valence-electron chi connectivity index (χ0n) is 18.6. The van der Waals surface area contributed by atoms with E-state index < -0.39 is 11.9 Å². The van der Waals surface area contributed by atoms with E-state index in [-0.39, 0.29) is 5.92 Å². The van der Waals surface area contributed by atoms with Crippen molar-refractivity contribution < 1.29 is 19.1 Å². The number of aryl methyl sites for hydroxylation is 2. The smallest absolute Gasteiger partial charge is 0.343 e. The van der Waals surface area contributed by atoms with Crippen molar-refractivity contribution in [3.63, 3.8) is 0 Å². The molecular formula is C28H28O4. The summed E-state index contributed by atoms with van der Waals surface area (Å²) in [5.41, 5.74) is 3.83. The number of carbonyl (C=O) groups excluding carboxylic acids is 2. The van der Waals surface area contributed by atoms with Gasteiger partial charge in [0, 0.05) is 5.56 Å². The summed E-state index contributed by atoms with van der Waals surface area (Å²) >= 11 is 0. The lowest BCUT2D eigenvalue weighted by molar-refractivity contribution is 0.0679. The van der Waals surface area contributed by atoms with Gasteiger partial charge in [-0.05, 0) is 67.5 Å². The summed E-state index contributed by atoms with van der Waals surface area (Å²) in [6, 6.07) is 19.9. The largest absolute Gasteiger partial charge is 0.419 e. The Bertz CT molecular complexity index is 1100. The zero-order chi connectivity index (χ0) is 22.5. The molecule has 1 aliphatic rings. The first-order chi connectivity index (χ1) is 15.6. The highest BCUT2D eigenvalue weighted by molar-refractivity contribution is 5.93. The van der Waals surface area contributed by atoms with Crippen molar-refractivity contribution in [3.8, 4) is 11.5 Å². The maximum Gasteiger partial charge on any atom is 0.343 e. The van der Waals surface area contributed by atoms with Crippen LogP contribution in [0.3, 0.4) is 0 Å². The molecule has 0 unspecified atom stereocenters. The summed E-state index contributed by atoms with van der Waals surface area (Å²) in [6.45, 7) is 4.06. The number of benzene rings is 3. The Morgan fingerprint density at radius 2 is 1.31 bits per heavy atom. The normalized spacial score (nSPS) is 13.7. The van der Waals surface area contributed by atoms with Gasteiger partial charge in [-0.25, -0.2) is 9.59 Å². The Balaban J connectivity index is 1.81. The molecule has 0 amide bonds. The monoisotopic (exact) mass is 428 g/mol. The van der Waals surface area contributed by atoms with Crippen LogP contribution in [0.4, 0.5) is 0 Å². The second-order valence-corrected chi connectivity index (χ2v) is 8.27. The molecule has 164 valence electrons. The molecule has 0 aromatic heterocycles. The summed E-state index contributed by atoms with van der Waals surface area (Å²) in [7, 11) is 0. The third-order valence-corrected chi connectivity index (χ3v) is 6.11. The van der Waals surface area contributed by atoms with E-state index in [1.165, 1.54) is 0 Å². The van der Waals surface area contributed by atoms with E-state index in [1.54, 1.807) is 48.5 Å². The summed E-state index contributed by atoms with van der Waals surface area (Å²) < 4.78 is 11.9. The molecule has 0 aliphatic heterocycles. The highest BCUT2D eigenvalue weighted by Crippen LogP contribution is 2.47. The minimum absolute atomic E-state index is 0.286. The van der Waals surface area contributed by atoms with Gasteiger partial charge in [0.2, 0.25) is 0 Å².